The highest BCUT2D eigenvalue weighted by molar-refractivity contribution is 5.93. The number of rotatable bonds is 4. The second-order valence-corrected chi connectivity index (χ2v) is 4.96. The topological polar surface area (TPSA) is 66.3 Å². The van der Waals surface area contributed by atoms with Crippen molar-refractivity contribution in [2.75, 3.05) is 18.5 Å². The van der Waals surface area contributed by atoms with Gasteiger partial charge in [-0.2, -0.15) is 5.10 Å². The number of carbonyl (C=O) groups is 1. The van der Waals surface area contributed by atoms with Gasteiger partial charge in [0.15, 0.2) is 5.82 Å². The number of aromatic nitrogens is 2. The lowest BCUT2D eigenvalue weighted by atomic mass is 9.89. The van der Waals surface area contributed by atoms with E-state index in [1.807, 2.05) is 11.9 Å². The Morgan fingerprint density at radius 3 is 2.83 bits per heavy atom. The lowest BCUT2D eigenvalue weighted by Crippen LogP contribution is -2.29. The van der Waals surface area contributed by atoms with Crippen molar-refractivity contribution in [2.24, 2.45) is 5.92 Å². The number of carboxylic acid groups (broad SMARTS) is 1. The van der Waals surface area contributed by atoms with Crippen molar-refractivity contribution in [2.45, 2.75) is 32.1 Å². The minimum atomic E-state index is -0.949. The molecule has 1 aliphatic carbocycles. The van der Waals surface area contributed by atoms with Crippen LogP contribution in [0.1, 0.15) is 42.5 Å². The van der Waals surface area contributed by atoms with Gasteiger partial charge in [0.05, 0.1) is 6.20 Å². The number of nitrogens with zero attached hydrogens (tertiary/aromatic N) is 3. The smallest absolute Gasteiger partial charge is 0.339 e. The highest BCUT2D eigenvalue weighted by atomic mass is 16.4. The first-order chi connectivity index (χ1) is 8.68. The summed E-state index contributed by atoms with van der Waals surface area (Å²) in [5, 5.41) is 16.9. The van der Waals surface area contributed by atoms with E-state index in [-0.39, 0.29) is 5.56 Å². The van der Waals surface area contributed by atoms with Gasteiger partial charge in [0.2, 0.25) is 0 Å². The van der Waals surface area contributed by atoms with E-state index in [1.54, 1.807) is 0 Å². The van der Waals surface area contributed by atoms with Gasteiger partial charge in [-0.05, 0) is 24.8 Å². The molecular weight excluding hydrogens is 230 g/mol. The molecule has 0 bridgehead atoms. The monoisotopic (exact) mass is 249 g/mol. The average Bonchev–Trinajstić information content (AvgIpc) is 2.40. The van der Waals surface area contributed by atoms with Crippen molar-refractivity contribution >= 4 is 11.8 Å². The van der Waals surface area contributed by atoms with Gasteiger partial charge < -0.3 is 10.0 Å². The zero-order valence-electron chi connectivity index (χ0n) is 10.7. The molecular formula is C13H19N3O2. The van der Waals surface area contributed by atoms with E-state index in [2.05, 4.69) is 10.2 Å². The zero-order valence-corrected chi connectivity index (χ0v) is 10.7. The van der Waals surface area contributed by atoms with Crippen molar-refractivity contribution in [1.29, 1.82) is 0 Å². The van der Waals surface area contributed by atoms with Gasteiger partial charge in [0.1, 0.15) is 5.56 Å². The summed E-state index contributed by atoms with van der Waals surface area (Å²) in [4.78, 5) is 13.0. The highest BCUT2D eigenvalue weighted by Crippen LogP contribution is 2.26. The number of anilines is 1. The Balaban J connectivity index is 2.08. The lowest BCUT2D eigenvalue weighted by molar-refractivity contribution is 0.0697. The Kier molecular flexibility index (Phi) is 4.12. The molecule has 1 fully saturated rings. The predicted molar refractivity (Wildman–Crippen MR) is 68.8 cm³/mol. The minimum Gasteiger partial charge on any atom is -0.478 e. The number of carboxylic acids is 1. The molecule has 1 aromatic heterocycles. The van der Waals surface area contributed by atoms with Crippen molar-refractivity contribution in [3.8, 4) is 0 Å². The summed E-state index contributed by atoms with van der Waals surface area (Å²) < 4.78 is 0. The summed E-state index contributed by atoms with van der Waals surface area (Å²) in [6.45, 7) is 0.860. The van der Waals surface area contributed by atoms with Crippen molar-refractivity contribution in [1.82, 2.24) is 10.2 Å². The van der Waals surface area contributed by atoms with Crippen LogP contribution in [-0.2, 0) is 0 Å². The molecule has 0 saturated heterocycles. The van der Waals surface area contributed by atoms with Gasteiger partial charge in [-0.3, -0.25) is 0 Å². The van der Waals surface area contributed by atoms with Crippen LogP contribution in [0.5, 0.6) is 0 Å². The molecule has 0 aromatic carbocycles. The van der Waals surface area contributed by atoms with Crippen LogP contribution in [-0.4, -0.2) is 34.9 Å². The largest absolute Gasteiger partial charge is 0.478 e. The summed E-state index contributed by atoms with van der Waals surface area (Å²) in [5.41, 5.74) is 0.225. The van der Waals surface area contributed by atoms with E-state index in [4.69, 9.17) is 5.11 Å². The molecule has 0 amide bonds. The van der Waals surface area contributed by atoms with Gasteiger partial charge in [0, 0.05) is 13.6 Å². The molecule has 18 heavy (non-hydrogen) atoms. The summed E-state index contributed by atoms with van der Waals surface area (Å²) in [5.74, 6) is 0.165. The standard InChI is InChI=1S/C13H19N3O2/c1-16(9-10-5-3-2-4-6-10)12-11(13(17)18)7-8-14-15-12/h7-8,10H,2-6,9H2,1H3,(H,17,18). The van der Waals surface area contributed by atoms with Crippen molar-refractivity contribution in [3.05, 3.63) is 17.8 Å². The molecule has 0 radical (unpaired) electrons. The van der Waals surface area contributed by atoms with Crippen LogP contribution in [0.15, 0.2) is 12.3 Å². The Hall–Kier alpha value is -1.65. The molecule has 5 nitrogen and oxygen atoms in total. The maximum absolute atomic E-state index is 11.1. The summed E-state index contributed by atoms with van der Waals surface area (Å²) >= 11 is 0. The molecule has 1 heterocycles. The molecule has 1 aromatic rings. The van der Waals surface area contributed by atoms with Crippen LogP contribution in [0, 0.1) is 5.92 Å². The SMILES string of the molecule is CN(CC1CCCCC1)c1nnccc1C(=O)O. The maximum atomic E-state index is 11.1. The van der Waals surface area contributed by atoms with E-state index in [0.717, 1.165) is 6.54 Å². The Bertz CT molecular complexity index is 416. The van der Waals surface area contributed by atoms with Crippen LogP contribution >= 0.6 is 0 Å². The molecule has 98 valence electrons. The third kappa shape index (κ3) is 2.97. The highest BCUT2D eigenvalue weighted by Gasteiger charge is 2.20. The normalized spacial score (nSPS) is 16.5. The van der Waals surface area contributed by atoms with Gasteiger partial charge >= 0.3 is 5.97 Å². The fraction of sp³-hybridized carbons (Fsp3) is 0.615. The molecule has 0 aliphatic heterocycles. The second-order valence-electron chi connectivity index (χ2n) is 4.96. The van der Waals surface area contributed by atoms with Gasteiger partial charge in [0.25, 0.3) is 0 Å². The van der Waals surface area contributed by atoms with Crippen molar-refractivity contribution < 1.29 is 9.90 Å². The molecule has 0 spiro atoms. The molecule has 2 rings (SSSR count). The van der Waals surface area contributed by atoms with Gasteiger partial charge in [-0.25, -0.2) is 4.79 Å². The first kappa shape index (κ1) is 12.8. The van der Waals surface area contributed by atoms with Crippen molar-refractivity contribution in [3.63, 3.8) is 0 Å². The number of hydrogen-bond acceptors (Lipinski definition) is 4. The predicted octanol–water partition coefficient (Wildman–Crippen LogP) is 2.19. The summed E-state index contributed by atoms with van der Waals surface area (Å²) in [6.07, 6.45) is 7.77. The molecule has 0 atom stereocenters. The van der Waals surface area contributed by atoms with Crippen LogP contribution in [0.3, 0.4) is 0 Å². The second kappa shape index (κ2) is 5.80. The van der Waals surface area contributed by atoms with E-state index >= 15 is 0 Å². The van der Waals surface area contributed by atoms with Crippen LogP contribution in [0.25, 0.3) is 0 Å². The molecule has 1 N–H and O–H groups in total. The zero-order chi connectivity index (χ0) is 13.0. The summed E-state index contributed by atoms with van der Waals surface area (Å²) in [6, 6.07) is 1.50. The Morgan fingerprint density at radius 1 is 1.44 bits per heavy atom. The van der Waals surface area contributed by atoms with Crippen LogP contribution in [0.4, 0.5) is 5.82 Å². The van der Waals surface area contributed by atoms with Gasteiger partial charge in [-0.15, -0.1) is 5.10 Å². The number of aromatic carboxylic acids is 1. The van der Waals surface area contributed by atoms with E-state index in [1.165, 1.54) is 44.4 Å². The van der Waals surface area contributed by atoms with Crippen LogP contribution in [0.2, 0.25) is 0 Å². The first-order valence-electron chi connectivity index (χ1n) is 6.44. The maximum Gasteiger partial charge on any atom is 0.339 e. The lowest BCUT2D eigenvalue weighted by Gasteiger charge is -2.27. The first-order valence-corrected chi connectivity index (χ1v) is 6.44. The molecule has 5 heteroatoms. The third-order valence-electron chi connectivity index (χ3n) is 3.55. The Labute approximate surface area is 107 Å². The fourth-order valence-electron chi connectivity index (χ4n) is 2.62. The molecule has 1 aliphatic rings. The fourth-order valence-corrected chi connectivity index (χ4v) is 2.62. The third-order valence-corrected chi connectivity index (χ3v) is 3.55. The van der Waals surface area contributed by atoms with E-state index in [9.17, 15) is 4.79 Å². The minimum absolute atomic E-state index is 0.225. The molecule has 0 unspecified atom stereocenters. The quantitative estimate of drug-likeness (QED) is 0.886. The van der Waals surface area contributed by atoms with Crippen LogP contribution < -0.4 is 4.90 Å². The molecule has 1 saturated carbocycles. The average molecular weight is 249 g/mol. The van der Waals surface area contributed by atoms with E-state index in [0.29, 0.717) is 11.7 Å². The number of hydrogen-bond donors (Lipinski definition) is 1. The van der Waals surface area contributed by atoms with Gasteiger partial charge in [-0.1, -0.05) is 19.3 Å². The Morgan fingerprint density at radius 2 is 2.17 bits per heavy atom. The van der Waals surface area contributed by atoms with E-state index < -0.39 is 5.97 Å². The summed E-state index contributed by atoms with van der Waals surface area (Å²) in [7, 11) is 1.89.